The van der Waals surface area contributed by atoms with Gasteiger partial charge in [0.2, 0.25) is 0 Å². The lowest BCUT2D eigenvalue weighted by atomic mass is 9.80. The molecule has 2 aliphatic rings. The molecule has 0 amide bonds. The normalized spacial score (nSPS) is 28.7. The number of hydrogen-bond acceptors (Lipinski definition) is 2. The summed E-state index contributed by atoms with van der Waals surface area (Å²) in [5.41, 5.74) is -0.453. The summed E-state index contributed by atoms with van der Waals surface area (Å²) >= 11 is 0. The SMILES string of the molecule is CC1(C(=O)O)CCN(C2CC2)CC1. The molecule has 3 nitrogen and oxygen atoms in total. The molecule has 74 valence electrons. The Balaban J connectivity index is 1.90. The molecule has 1 aliphatic heterocycles. The van der Waals surface area contributed by atoms with Gasteiger partial charge in [-0.15, -0.1) is 0 Å². The second-order valence-electron chi connectivity index (χ2n) is 4.63. The number of hydrogen-bond donors (Lipinski definition) is 1. The molecule has 0 radical (unpaired) electrons. The largest absolute Gasteiger partial charge is 0.481 e. The van der Waals surface area contributed by atoms with Gasteiger partial charge < -0.3 is 10.0 Å². The van der Waals surface area contributed by atoms with Gasteiger partial charge in [0.15, 0.2) is 0 Å². The van der Waals surface area contributed by atoms with Crippen LogP contribution in [-0.2, 0) is 4.79 Å². The first kappa shape index (κ1) is 9.00. The summed E-state index contributed by atoms with van der Waals surface area (Å²) < 4.78 is 0. The van der Waals surface area contributed by atoms with Gasteiger partial charge in [0, 0.05) is 6.04 Å². The number of nitrogens with zero attached hydrogens (tertiary/aromatic N) is 1. The summed E-state index contributed by atoms with van der Waals surface area (Å²) in [6.45, 7) is 3.83. The monoisotopic (exact) mass is 183 g/mol. The molecule has 2 fully saturated rings. The van der Waals surface area contributed by atoms with E-state index in [1.807, 2.05) is 6.92 Å². The minimum absolute atomic E-state index is 0.453. The Morgan fingerprint density at radius 3 is 2.31 bits per heavy atom. The first-order valence-electron chi connectivity index (χ1n) is 5.09. The molecule has 0 bridgehead atoms. The van der Waals surface area contributed by atoms with E-state index in [0.29, 0.717) is 0 Å². The zero-order valence-electron chi connectivity index (χ0n) is 8.12. The van der Waals surface area contributed by atoms with E-state index in [1.54, 1.807) is 0 Å². The third-order valence-corrected chi connectivity index (χ3v) is 3.48. The molecule has 1 N–H and O–H groups in total. The number of rotatable bonds is 2. The second kappa shape index (κ2) is 2.98. The van der Waals surface area contributed by atoms with Crippen LogP contribution in [0, 0.1) is 5.41 Å². The van der Waals surface area contributed by atoms with Gasteiger partial charge in [0.05, 0.1) is 5.41 Å². The molecule has 1 heterocycles. The molecule has 0 atom stereocenters. The van der Waals surface area contributed by atoms with Crippen molar-refractivity contribution < 1.29 is 9.90 Å². The molecule has 0 spiro atoms. The van der Waals surface area contributed by atoms with Crippen LogP contribution in [-0.4, -0.2) is 35.1 Å². The average Bonchev–Trinajstić information content (AvgIpc) is 2.88. The molecule has 13 heavy (non-hydrogen) atoms. The first-order chi connectivity index (χ1) is 6.12. The van der Waals surface area contributed by atoms with Crippen LogP contribution in [0.25, 0.3) is 0 Å². The summed E-state index contributed by atoms with van der Waals surface area (Å²) in [4.78, 5) is 13.4. The average molecular weight is 183 g/mol. The molecular formula is C10H17NO2. The maximum absolute atomic E-state index is 10.9. The van der Waals surface area contributed by atoms with Gasteiger partial charge in [-0.05, 0) is 45.7 Å². The number of carbonyl (C=O) groups is 1. The highest BCUT2D eigenvalue weighted by Crippen LogP contribution is 2.36. The first-order valence-corrected chi connectivity index (χ1v) is 5.09. The Kier molecular flexibility index (Phi) is 2.06. The summed E-state index contributed by atoms with van der Waals surface area (Å²) in [7, 11) is 0. The smallest absolute Gasteiger partial charge is 0.309 e. The molecule has 0 aromatic rings. The highest BCUT2D eigenvalue weighted by molar-refractivity contribution is 5.74. The van der Waals surface area contributed by atoms with Crippen molar-refractivity contribution in [2.24, 2.45) is 5.41 Å². The zero-order valence-corrected chi connectivity index (χ0v) is 8.12. The fraction of sp³-hybridized carbons (Fsp3) is 0.900. The van der Waals surface area contributed by atoms with Crippen LogP contribution in [0.5, 0.6) is 0 Å². The maximum atomic E-state index is 10.9. The topological polar surface area (TPSA) is 40.5 Å². The fourth-order valence-corrected chi connectivity index (χ4v) is 2.04. The van der Waals surface area contributed by atoms with Crippen molar-refractivity contribution in [2.45, 2.75) is 38.6 Å². The molecule has 1 aliphatic carbocycles. The lowest BCUT2D eigenvalue weighted by molar-refractivity contribution is -0.150. The number of aliphatic carboxylic acids is 1. The van der Waals surface area contributed by atoms with Gasteiger partial charge in [0.1, 0.15) is 0 Å². The van der Waals surface area contributed by atoms with Gasteiger partial charge in [-0.2, -0.15) is 0 Å². The van der Waals surface area contributed by atoms with Gasteiger partial charge >= 0.3 is 5.97 Å². The third kappa shape index (κ3) is 1.70. The van der Waals surface area contributed by atoms with Crippen molar-refractivity contribution >= 4 is 5.97 Å². The molecule has 3 heteroatoms. The van der Waals surface area contributed by atoms with Crippen molar-refractivity contribution in [3.05, 3.63) is 0 Å². The van der Waals surface area contributed by atoms with E-state index in [0.717, 1.165) is 32.0 Å². The summed E-state index contributed by atoms with van der Waals surface area (Å²) in [5, 5.41) is 9.02. The van der Waals surface area contributed by atoms with Gasteiger partial charge in [0.25, 0.3) is 0 Å². The van der Waals surface area contributed by atoms with Crippen molar-refractivity contribution in [2.75, 3.05) is 13.1 Å². The quantitative estimate of drug-likeness (QED) is 0.702. The molecule has 1 saturated heterocycles. The van der Waals surface area contributed by atoms with E-state index in [4.69, 9.17) is 5.11 Å². The van der Waals surface area contributed by atoms with Gasteiger partial charge in [-0.25, -0.2) is 0 Å². The molecule has 0 aromatic heterocycles. The standard InChI is InChI=1S/C10H17NO2/c1-10(9(12)13)4-6-11(7-5-10)8-2-3-8/h8H,2-7H2,1H3,(H,12,13). The van der Waals surface area contributed by atoms with Gasteiger partial charge in [-0.1, -0.05) is 0 Å². The Hall–Kier alpha value is -0.570. The number of likely N-dealkylation sites (tertiary alicyclic amines) is 1. The van der Waals surface area contributed by atoms with E-state index in [2.05, 4.69) is 4.90 Å². The lowest BCUT2D eigenvalue weighted by Crippen LogP contribution is -2.43. The second-order valence-corrected chi connectivity index (χ2v) is 4.63. The van der Waals surface area contributed by atoms with Crippen LogP contribution in [0.15, 0.2) is 0 Å². The zero-order chi connectivity index (χ0) is 9.47. The molecular weight excluding hydrogens is 166 g/mol. The minimum Gasteiger partial charge on any atom is -0.481 e. The van der Waals surface area contributed by atoms with Crippen LogP contribution in [0.2, 0.25) is 0 Å². The molecule has 2 rings (SSSR count). The van der Waals surface area contributed by atoms with Crippen LogP contribution < -0.4 is 0 Å². The Morgan fingerprint density at radius 1 is 1.38 bits per heavy atom. The highest BCUT2D eigenvalue weighted by Gasteiger charge is 2.40. The van der Waals surface area contributed by atoms with E-state index in [9.17, 15) is 4.79 Å². The highest BCUT2D eigenvalue weighted by atomic mass is 16.4. The van der Waals surface area contributed by atoms with E-state index in [-0.39, 0.29) is 0 Å². The predicted molar refractivity (Wildman–Crippen MR) is 49.6 cm³/mol. The summed E-state index contributed by atoms with van der Waals surface area (Å²) in [6, 6.07) is 0.790. The van der Waals surface area contributed by atoms with Crippen molar-refractivity contribution in [3.8, 4) is 0 Å². The Labute approximate surface area is 78.7 Å². The summed E-state index contributed by atoms with van der Waals surface area (Å²) in [6.07, 6.45) is 4.28. The van der Waals surface area contributed by atoms with E-state index >= 15 is 0 Å². The maximum Gasteiger partial charge on any atom is 0.309 e. The van der Waals surface area contributed by atoms with Crippen LogP contribution >= 0.6 is 0 Å². The van der Waals surface area contributed by atoms with E-state index in [1.165, 1.54) is 12.8 Å². The molecule has 0 unspecified atom stereocenters. The van der Waals surface area contributed by atoms with Crippen LogP contribution in [0.4, 0.5) is 0 Å². The number of carboxylic acids is 1. The van der Waals surface area contributed by atoms with Crippen molar-refractivity contribution in [1.29, 1.82) is 0 Å². The van der Waals surface area contributed by atoms with E-state index < -0.39 is 11.4 Å². The Bertz CT molecular complexity index is 215. The fourth-order valence-electron chi connectivity index (χ4n) is 2.04. The number of piperidine rings is 1. The number of carboxylic acid groups (broad SMARTS) is 1. The van der Waals surface area contributed by atoms with Crippen molar-refractivity contribution in [3.63, 3.8) is 0 Å². The lowest BCUT2D eigenvalue weighted by Gasteiger charge is -2.36. The summed E-state index contributed by atoms with van der Waals surface area (Å²) in [5.74, 6) is -0.622. The predicted octanol–water partition coefficient (Wildman–Crippen LogP) is 1.34. The third-order valence-electron chi connectivity index (χ3n) is 3.48. The molecule has 1 saturated carbocycles. The van der Waals surface area contributed by atoms with Gasteiger partial charge in [-0.3, -0.25) is 4.79 Å². The minimum atomic E-state index is -0.622. The van der Waals surface area contributed by atoms with Crippen molar-refractivity contribution in [1.82, 2.24) is 4.90 Å². The van der Waals surface area contributed by atoms with Crippen LogP contribution in [0.3, 0.4) is 0 Å². The Morgan fingerprint density at radius 2 is 1.92 bits per heavy atom. The molecule has 0 aromatic carbocycles. The van der Waals surface area contributed by atoms with Crippen LogP contribution in [0.1, 0.15) is 32.6 Å².